The van der Waals surface area contributed by atoms with Crippen LogP contribution in [0, 0.1) is 0 Å². The first-order valence-corrected chi connectivity index (χ1v) is 7.87. The monoisotopic (exact) mass is 347 g/mol. The fourth-order valence-electron chi connectivity index (χ4n) is 2.77. The van der Waals surface area contributed by atoms with Gasteiger partial charge in [-0.2, -0.15) is 0 Å². The summed E-state index contributed by atoms with van der Waals surface area (Å²) in [5, 5.41) is 2.72. The lowest BCUT2D eigenvalue weighted by Gasteiger charge is -2.11. The van der Waals surface area contributed by atoms with Crippen LogP contribution >= 0.6 is 0 Å². The third-order valence-corrected chi connectivity index (χ3v) is 4.07. The SMILES string of the molecule is O=C(Nc1ccncc1)c1ccc2c(c1)C(=O)N(Cc1ccco1)C2=O. The Morgan fingerprint density at radius 3 is 2.54 bits per heavy atom. The van der Waals surface area contributed by atoms with Gasteiger partial charge in [0.2, 0.25) is 0 Å². The lowest BCUT2D eigenvalue weighted by atomic mass is 10.1. The van der Waals surface area contributed by atoms with Gasteiger partial charge in [-0.3, -0.25) is 24.3 Å². The van der Waals surface area contributed by atoms with Gasteiger partial charge in [0.25, 0.3) is 17.7 Å². The summed E-state index contributed by atoms with van der Waals surface area (Å²) in [4.78, 5) is 42.4. The molecule has 0 atom stereocenters. The first kappa shape index (κ1) is 15.8. The highest BCUT2D eigenvalue weighted by Gasteiger charge is 2.36. The Kier molecular flexibility index (Phi) is 3.81. The third-order valence-electron chi connectivity index (χ3n) is 4.07. The van der Waals surface area contributed by atoms with Crippen LogP contribution < -0.4 is 5.32 Å². The largest absolute Gasteiger partial charge is 0.467 e. The summed E-state index contributed by atoms with van der Waals surface area (Å²) in [6, 6.07) is 11.2. The summed E-state index contributed by atoms with van der Waals surface area (Å²) < 4.78 is 5.20. The van der Waals surface area contributed by atoms with E-state index in [0.29, 0.717) is 17.0 Å². The molecule has 7 heteroatoms. The molecule has 3 amide bonds. The van der Waals surface area contributed by atoms with Gasteiger partial charge >= 0.3 is 0 Å². The number of pyridine rings is 1. The zero-order valence-electron chi connectivity index (χ0n) is 13.5. The first-order chi connectivity index (χ1) is 12.6. The zero-order valence-corrected chi connectivity index (χ0v) is 13.5. The summed E-state index contributed by atoms with van der Waals surface area (Å²) in [5.41, 5.74) is 1.37. The van der Waals surface area contributed by atoms with Crippen LogP contribution in [-0.4, -0.2) is 27.6 Å². The van der Waals surface area contributed by atoms with Gasteiger partial charge in [0, 0.05) is 23.6 Å². The number of carbonyl (C=O) groups excluding carboxylic acids is 3. The molecule has 0 radical (unpaired) electrons. The summed E-state index contributed by atoms with van der Waals surface area (Å²) in [6.07, 6.45) is 4.61. The minimum atomic E-state index is -0.444. The smallest absolute Gasteiger partial charge is 0.261 e. The minimum Gasteiger partial charge on any atom is -0.467 e. The maximum Gasteiger partial charge on any atom is 0.261 e. The summed E-state index contributed by atoms with van der Waals surface area (Å²) in [5.74, 6) is -0.707. The average Bonchev–Trinajstić information content (AvgIpc) is 3.25. The van der Waals surface area contributed by atoms with Crippen molar-refractivity contribution in [3.05, 3.63) is 83.6 Å². The molecule has 1 N–H and O–H groups in total. The lowest BCUT2D eigenvalue weighted by Crippen LogP contribution is -2.28. The van der Waals surface area contributed by atoms with E-state index in [1.165, 1.54) is 24.5 Å². The van der Waals surface area contributed by atoms with Crippen molar-refractivity contribution in [3.8, 4) is 0 Å². The van der Waals surface area contributed by atoms with Gasteiger partial charge in [0.1, 0.15) is 5.76 Å². The number of nitrogens with one attached hydrogen (secondary N) is 1. The van der Waals surface area contributed by atoms with Gasteiger partial charge in [-0.1, -0.05) is 0 Å². The molecule has 7 nitrogen and oxygen atoms in total. The van der Waals surface area contributed by atoms with Crippen molar-refractivity contribution in [3.63, 3.8) is 0 Å². The van der Waals surface area contributed by atoms with Crippen molar-refractivity contribution in [1.82, 2.24) is 9.88 Å². The number of amides is 3. The number of rotatable bonds is 4. The molecule has 128 valence electrons. The number of carbonyl (C=O) groups is 3. The topological polar surface area (TPSA) is 92.5 Å². The molecule has 0 aliphatic carbocycles. The molecule has 3 heterocycles. The highest BCUT2D eigenvalue weighted by atomic mass is 16.3. The van der Waals surface area contributed by atoms with Crippen LogP contribution in [0.3, 0.4) is 0 Å². The van der Waals surface area contributed by atoms with E-state index in [4.69, 9.17) is 4.42 Å². The molecule has 0 unspecified atom stereocenters. The molecule has 1 aliphatic heterocycles. The van der Waals surface area contributed by atoms with E-state index in [2.05, 4.69) is 10.3 Å². The van der Waals surface area contributed by atoms with Gasteiger partial charge in [-0.25, -0.2) is 0 Å². The predicted octanol–water partition coefficient (Wildman–Crippen LogP) is 2.72. The molecule has 4 rings (SSSR count). The highest BCUT2D eigenvalue weighted by molar-refractivity contribution is 6.22. The number of hydrogen-bond acceptors (Lipinski definition) is 5. The van der Waals surface area contributed by atoms with Gasteiger partial charge < -0.3 is 9.73 Å². The number of fused-ring (bicyclic) bond motifs is 1. The van der Waals surface area contributed by atoms with Crippen LogP contribution in [0.2, 0.25) is 0 Å². The van der Waals surface area contributed by atoms with Crippen LogP contribution in [0.15, 0.2) is 65.5 Å². The van der Waals surface area contributed by atoms with Crippen molar-refractivity contribution >= 4 is 23.4 Å². The summed E-state index contributed by atoms with van der Waals surface area (Å²) in [6.45, 7) is 0.0535. The normalized spacial score (nSPS) is 13.0. The van der Waals surface area contributed by atoms with E-state index in [1.807, 2.05) is 0 Å². The van der Waals surface area contributed by atoms with Crippen molar-refractivity contribution < 1.29 is 18.8 Å². The Balaban J connectivity index is 1.58. The lowest BCUT2D eigenvalue weighted by molar-refractivity contribution is 0.0631. The molecule has 0 saturated heterocycles. The number of nitrogens with zero attached hydrogens (tertiary/aromatic N) is 2. The van der Waals surface area contributed by atoms with E-state index >= 15 is 0 Å². The standard InChI is InChI=1S/C19H13N3O4/c23-17(21-13-5-7-20-8-6-13)12-3-4-15-16(10-12)19(25)22(18(15)24)11-14-2-1-9-26-14/h1-10H,11H2,(H,20,21,23). The molecule has 0 bridgehead atoms. The maximum atomic E-state index is 12.6. The van der Waals surface area contributed by atoms with E-state index in [-0.39, 0.29) is 23.6 Å². The number of aromatic nitrogens is 1. The van der Waals surface area contributed by atoms with Crippen molar-refractivity contribution in [1.29, 1.82) is 0 Å². The Labute approximate surface area is 148 Å². The number of imide groups is 1. The molecule has 0 saturated carbocycles. The van der Waals surface area contributed by atoms with Crippen LogP contribution in [0.4, 0.5) is 5.69 Å². The fourth-order valence-corrected chi connectivity index (χ4v) is 2.77. The predicted molar refractivity (Wildman–Crippen MR) is 91.5 cm³/mol. The number of benzene rings is 1. The fraction of sp³-hybridized carbons (Fsp3) is 0.0526. The molecule has 0 spiro atoms. The Morgan fingerprint density at radius 2 is 1.81 bits per heavy atom. The number of hydrogen-bond donors (Lipinski definition) is 1. The molecular formula is C19H13N3O4. The molecular weight excluding hydrogens is 334 g/mol. The third kappa shape index (κ3) is 2.75. The number of furan rings is 1. The van der Waals surface area contributed by atoms with Gasteiger partial charge in [0.15, 0.2) is 0 Å². The molecule has 1 aliphatic rings. The van der Waals surface area contributed by atoms with Crippen LogP contribution in [0.25, 0.3) is 0 Å². The Hall–Kier alpha value is -3.74. The molecule has 0 fully saturated rings. The molecule has 26 heavy (non-hydrogen) atoms. The van der Waals surface area contributed by atoms with Crippen molar-refractivity contribution in [2.24, 2.45) is 0 Å². The van der Waals surface area contributed by atoms with Crippen LogP contribution in [0.1, 0.15) is 36.8 Å². The summed E-state index contributed by atoms with van der Waals surface area (Å²) in [7, 11) is 0. The van der Waals surface area contributed by atoms with Crippen LogP contribution in [-0.2, 0) is 6.54 Å². The first-order valence-electron chi connectivity index (χ1n) is 7.87. The van der Waals surface area contributed by atoms with Crippen molar-refractivity contribution in [2.75, 3.05) is 5.32 Å². The molecule has 2 aromatic heterocycles. The van der Waals surface area contributed by atoms with E-state index in [1.54, 1.807) is 36.7 Å². The second kappa shape index (κ2) is 6.29. The highest BCUT2D eigenvalue weighted by Crippen LogP contribution is 2.26. The quantitative estimate of drug-likeness (QED) is 0.733. The number of anilines is 1. The zero-order chi connectivity index (χ0) is 18.1. The molecule has 3 aromatic rings. The second-order valence-electron chi connectivity index (χ2n) is 5.73. The average molecular weight is 347 g/mol. The van der Waals surface area contributed by atoms with E-state index in [0.717, 1.165) is 4.90 Å². The Bertz CT molecular complexity index is 997. The second-order valence-corrected chi connectivity index (χ2v) is 5.73. The van der Waals surface area contributed by atoms with E-state index in [9.17, 15) is 14.4 Å². The van der Waals surface area contributed by atoms with Crippen molar-refractivity contribution in [2.45, 2.75) is 6.54 Å². The molecule has 1 aromatic carbocycles. The van der Waals surface area contributed by atoms with Gasteiger partial charge in [-0.15, -0.1) is 0 Å². The maximum absolute atomic E-state index is 12.6. The van der Waals surface area contributed by atoms with Gasteiger partial charge in [-0.05, 0) is 42.5 Å². The van der Waals surface area contributed by atoms with Gasteiger partial charge in [0.05, 0.1) is 23.9 Å². The summed E-state index contributed by atoms with van der Waals surface area (Å²) >= 11 is 0. The van der Waals surface area contributed by atoms with Crippen LogP contribution in [0.5, 0.6) is 0 Å². The Morgan fingerprint density at radius 1 is 1.04 bits per heavy atom. The van der Waals surface area contributed by atoms with E-state index < -0.39 is 11.8 Å². The minimum absolute atomic E-state index is 0.0535.